The Kier molecular flexibility index (Phi) is 6.29. The minimum absolute atomic E-state index is 0.0260. The molecule has 1 aromatic carbocycles. The normalized spacial score (nSPS) is 12.2. The molecule has 100 valence electrons. The summed E-state index contributed by atoms with van der Waals surface area (Å²) in [4.78, 5) is 11.5. The highest BCUT2D eigenvalue weighted by Crippen LogP contribution is 2.17. The van der Waals surface area contributed by atoms with Crippen LogP contribution >= 0.6 is 15.9 Å². The first-order chi connectivity index (χ1) is 8.52. The van der Waals surface area contributed by atoms with Crippen molar-refractivity contribution in [3.8, 4) is 0 Å². The van der Waals surface area contributed by atoms with E-state index in [4.69, 9.17) is 0 Å². The second-order valence-corrected chi connectivity index (χ2v) is 5.13. The van der Waals surface area contributed by atoms with Gasteiger partial charge in [0.25, 0.3) is 0 Å². The van der Waals surface area contributed by atoms with Gasteiger partial charge in [-0.1, -0.05) is 6.07 Å². The van der Waals surface area contributed by atoms with E-state index in [-0.39, 0.29) is 17.8 Å². The molecule has 0 bridgehead atoms. The molecule has 1 unspecified atom stereocenters. The maximum Gasteiger partial charge on any atom is 0.221 e. The molecule has 0 aliphatic rings. The lowest BCUT2D eigenvalue weighted by atomic mass is 10.1. The molecular weight excluding hydrogens is 299 g/mol. The van der Waals surface area contributed by atoms with Crippen molar-refractivity contribution in [1.82, 2.24) is 10.6 Å². The van der Waals surface area contributed by atoms with Crippen molar-refractivity contribution in [2.75, 3.05) is 13.6 Å². The molecule has 5 heteroatoms. The van der Waals surface area contributed by atoms with Gasteiger partial charge in [-0.05, 0) is 54.0 Å². The summed E-state index contributed by atoms with van der Waals surface area (Å²) in [6, 6.07) is 4.93. The molecule has 0 saturated carbocycles. The molecule has 0 aliphatic carbocycles. The lowest BCUT2D eigenvalue weighted by Gasteiger charge is -2.14. The van der Waals surface area contributed by atoms with E-state index in [1.165, 1.54) is 6.07 Å². The van der Waals surface area contributed by atoms with E-state index in [2.05, 4.69) is 26.6 Å². The standard InChI is InChI=1S/C13H18BrFN2O/c1-9(17-13(18)5-6-16-2)7-10-3-4-12(15)11(14)8-10/h3-4,8-9,16H,5-7H2,1-2H3,(H,17,18). The summed E-state index contributed by atoms with van der Waals surface area (Å²) in [6.45, 7) is 2.61. The third-order valence-corrected chi connectivity index (χ3v) is 3.14. The van der Waals surface area contributed by atoms with Crippen LogP contribution in [0.25, 0.3) is 0 Å². The topological polar surface area (TPSA) is 41.1 Å². The quantitative estimate of drug-likeness (QED) is 0.845. The predicted octanol–water partition coefficient (Wildman–Crippen LogP) is 2.24. The summed E-state index contributed by atoms with van der Waals surface area (Å²) in [7, 11) is 1.81. The maximum atomic E-state index is 13.1. The number of amides is 1. The fourth-order valence-electron chi connectivity index (χ4n) is 1.66. The average Bonchev–Trinajstić information content (AvgIpc) is 2.31. The molecule has 0 saturated heterocycles. The molecule has 0 spiro atoms. The zero-order chi connectivity index (χ0) is 13.5. The molecule has 3 nitrogen and oxygen atoms in total. The third kappa shape index (κ3) is 5.14. The van der Waals surface area contributed by atoms with Crippen molar-refractivity contribution in [3.63, 3.8) is 0 Å². The first kappa shape index (κ1) is 15.1. The number of hydrogen-bond acceptors (Lipinski definition) is 2. The van der Waals surface area contributed by atoms with Crippen LogP contribution in [-0.2, 0) is 11.2 Å². The van der Waals surface area contributed by atoms with Crippen LogP contribution in [0.1, 0.15) is 18.9 Å². The average molecular weight is 317 g/mol. The van der Waals surface area contributed by atoms with Crippen LogP contribution in [0.2, 0.25) is 0 Å². The Labute approximate surface area is 115 Å². The summed E-state index contributed by atoms with van der Waals surface area (Å²) in [6.07, 6.45) is 1.15. The van der Waals surface area contributed by atoms with Gasteiger partial charge >= 0.3 is 0 Å². The van der Waals surface area contributed by atoms with Crippen molar-refractivity contribution in [3.05, 3.63) is 34.1 Å². The van der Waals surface area contributed by atoms with Crippen molar-refractivity contribution in [1.29, 1.82) is 0 Å². The van der Waals surface area contributed by atoms with Crippen molar-refractivity contribution >= 4 is 21.8 Å². The van der Waals surface area contributed by atoms with Gasteiger partial charge in [0.1, 0.15) is 5.82 Å². The summed E-state index contributed by atoms with van der Waals surface area (Å²) in [5.74, 6) is -0.248. The molecule has 1 amide bonds. The Morgan fingerprint density at radius 2 is 2.22 bits per heavy atom. The van der Waals surface area contributed by atoms with Crippen molar-refractivity contribution in [2.24, 2.45) is 0 Å². The minimum Gasteiger partial charge on any atom is -0.353 e. The van der Waals surface area contributed by atoms with Crippen LogP contribution in [0.4, 0.5) is 4.39 Å². The van der Waals surface area contributed by atoms with Crippen molar-refractivity contribution < 1.29 is 9.18 Å². The number of rotatable bonds is 6. The zero-order valence-electron chi connectivity index (χ0n) is 10.6. The Balaban J connectivity index is 2.46. The van der Waals surface area contributed by atoms with E-state index < -0.39 is 0 Å². The number of carbonyl (C=O) groups excluding carboxylic acids is 1. The Morgan fingerprint density at radius 1 is 1.50 bits per heavy atom. The van der Waals surface area contributed by atoms with Gasteiger partial charge in [-0.3, -0.25) is 4.79 Å². The summed E-state index contributed by atoms with van der Waals surface area (Å²) in [5, 5.41) is 5.84. The van der Waals surface area contributed by atoms with Gasteiger partial charge in [0.2, 0.25) is 5.91 Å². The molecule has 0 heterocycles. The number of halogens is 2. The van der Waals surface area contributed by atoms with E-state index in [1.54, 1.807) is 12.1 Å². The highest BCUT2D eigenvalue weighted by atomic mass is 79.9. The molecule has 0 aliphatic heterocycles. The van der Waals surface area contributed by atoms with E-state index in [9.17, 15) is 9.18 Å². The minimum atomic E-state index is -0.274. The van der Waals surface area contributed by atoms with Gasteiger partial charge < -0.3 is 10.6 Å². The van der Waals surface area contributed by atoms with E-state index in [0.29, 0.717) is 23.9 Å². The molecule has 1 atom stereocenters. The third-order valence-electron chi connectivity index (χ3n) is 2.54. The van der Waals surface area contributed by atoms with Gasteiger partial charge in [-0.15, -0.1) is 0 Å². The molecule has 18 heavy (non-hydrogen) atoms. The first-order valence-electron chi connectivity index (χ1n) is 5.91. The number of carbonyl (C=O) groups is 1. The number of benzene rings is 1. The Hall–Kier alpha value is -0.940. The molecule has 0 fully saturated rings. The monoisotopic (exact) mass is 316 g/mol. The van der Waals surface area contributed by atoms with Gasteiger partial charge in [0.05, 0.1) is 4.47 Å². The lowest BCUT2D eigenvalue weighted by molar-refractivity contribution is -0.121. The van der Waals surface area contributed by atoms with Crippen LogP contribution in [0, 0.1) is 5.82 Å². The fraction of sp³-hybridized carbons (Fsp3) is 0.462. The van der Waals surface area contributed by atoms with Gasteiger partial charge in [-0.25, -0.2) is 4.39 Å². The van der Waals surface area contributed by atoms with Crippen LogP contribution in [0.3, 0.4) is 0 Å². The molecule has 1 rings (SSSR count). The highest BCUT2D eigenvalue weighted by molar-refractivity contribution is 9.10. The van der Waals surface area contributed by atoms with Gasteiger partial charge in [-0.2, -0.15) is 0 Å². The first-order valence-corrected chi connectivity index (χ1v) is 6.70. The summed E-state index contributed by atoms with van der Waals surface area (Å²) < 4.78 is 13.5. The van der Waals surface area contributed by atoms with E-state index >= 15 is 0 Å². The lowest BCUT2D eigenvalue weighted by Crippen LogP contribution is -2.35. The fourth-order valence-corrected chi connectivity index (χ4v) is 2.08. The molecule has 2 N–H and O–H groups in total. The maximum absolute atomic E-state index is 13.1. The largest absolute Gasteiger partial charge is 0.353 e. The Bertz CT molecular complexity index is 412. The van der Waals surface area contributed by atoms with E-state index in [1.807, 2.05) is 14.0 Å². The zero-order valence-corrected chi connectivity index (χ0v) is 12.2. The molecular formula is C13H18BrFN2O. The SMILES string of the molecule is CNCCC(=O)NC(C)Cc1ccc(F)c(Br)c1. The van der Waals surface area contributed by atoms with E-state index in [0.717, 1.165) is 5.56 Å². The van der Waals surface area contributed by atoms with Crippen LogP contribution in [0.5, 0.6) is 0 Å². The van der Waals surface area contributed by atoms with Crippen LogP contribution < -0.4 is 10.6 Å². The number of nitrogens with one attached hydrogen (secondary N) is 2. The molecule has 0 radical (unpaired) electrons. The molecule has 0 aromatic heterocycles. The second-order valence-electron chi connectivity index (χ2n) is 4.27. The summed E-state index contributed by atoms with van der Waals surface area (Å²) >= 11 is 3.15. The highest BCUT2D eigenvalue weighted by Gasteiger charge is 2.09. The second kappa shape index (κ2) is 7.48. The van der Waals surface area contributed by atoms with Gasteiger partial charge in [0, 0.05) is 19.0 Å². The smallest absolute Gasteiger partial charge is 0.221 e. The van der Waals surface area contributed by atoms with Crippen LogP contribution in [0.15, 0.2) is 22.7 Å². The van der Waals surface area contributed by atoms with Gasteiger partial charge in [0.15, 0.2) is 0 Å². The Morgan fingerprint density at radius 3 is 2.83 bits per heavy atom. The predicted molar refractivity (Wildman–Crippen MR) is 74.0 cm³/mol. The van der Waals surface area contributed by atoms with Crippen molar-refractivity contribution in [2.45, 2.75) is 25.8 Å². The number of hydrogen-bond donors (Lipinski definition) is 2. The molecule has 1 aromatic rings. The summed E-state index contributed by atoms with van der Waals surface area (Å²) in [5.41, 5.74) is 0.990. The van der Waals surface area contributed by atoms with Crippen LogP contribution in [-0.4, -0.2) is 25.5 Å².